The van der Waals surface area contributed by atoms with Crippen LogP contribution in [0, 0.1) is 0 Å². The number of hydrogen-bond donors (Lipinski definition) is 3. The summed E-state index contributed by atoms with van der Waals surface area (Å²) in [5, 5.41) is 0. The van der Waals surface area contributed by atoms with E-state index in [1.807, 2.05) is 30.3 Å². The second kappa shape index (κ2) is 14.1. The molecule has 13 heteroatoms. The molecule has 0 radical (unpaired) electrons. The molecule has 0 fully saturated rings. The minimum atomic E-state index is -4.49. The van der Waals surface area contributed by atoms with Crippen LogP contribution in [0.15, 0.2) is 30.3 Å². The van der Waals surface area contributed by atoms with Crippen LogP contribution in [0.4, 0.5) is 32.0 Å². The molecule has 0 bridgehead atoms. The maximum Gasteiger partial charge on any atom is 0.467 e. The Bertz CT molecular complexity index is 311. The maximum absolute atomic E-state index is 10.5. The van der Waals surface area contributed by atoms with E-state index in [0.29, 0.717) is 0 Å². The van der Waals surface area contributed by atoms with Gasteiger partial charge in [-0.3, -0.25) is 0 Å². The van der Waals surface area contributed by atoms with Crippen LogP contribution in [0.25, 0.3) is 0 Å². The van der Waals surface area contributed by atoms with Crippen LogP contribution in [-0.4, -0.2) is 31.1 Å². The molecule has 0 heterocycles. The molecular weight excluding hydrogens is 352 g/mol. The van der Waals surface area contributed by atoms with Crippen molar-refractivity contribution in [3.63, 3.8) is 0 Å². The highest BCUT2D eigenvalue weighted by atomic mass is 32.2. The van der Waals surface area contributed by atoms with Crippen molar-refractivity contribution in [3.8, 4) is 0 Å². The van der Waals surface area contributed by atoms with E-state index in [1.165, 1.54) is 0 Å². The number of para-hydroxylation sites is 1. The first kappa shape index (κ1) is 28.3. The first-order valence-corrected chi connectivity index (χ1v) is 5.65. The van der Waals surface area contributed by atoms with Gasteiger partial charge in [-0.15, -0.1) is 0 Å². The summed E-state index contributed by atoms with van der Waals surface area (Å²) in [6.07, 6.45) is 0. The van der Waals surface area contributed by atoms with Gasteiger partial charge in [0.25, 0.3) is 0 Å². The summed E-state index contributed by atoms with van der Waals surface area (Å²) in [6.45, 7) is 0. The standard InChI is InChI=1S/C6H7N.2CHF3OS.2H2O/c7-6-4-2-1-3-5-6;2*2-1(3,4)6-5;;/h1-5H,7H2;2*5H;2*1H2. The summed E-state index contributed by atoms with van der Waals surface area (Å²) in [5.41, 5.74) is -2.79. The Hall–Kier alpha value is -0.860. The van der Waals surface area contributed by atoms with Crippen molar-refractivity contribution in [3.05, 3.63) is 30.3 Å². The second-order valence-corrected chi connectivity index (χ2v) is 3.78. The van der Waals surface area contributed by atoms with Crippen molar-refractivity contribution in [2.75, 3.05) is 5.73 Å². The van der Waals surface area contributed by atoms with Gasteiger partial charge in [0.2, 0.25) is 0 Å². The summed E-state index contributed by atoms with van der Waals surface area (Å²) < 4.78 is 77.4. The lowest BCUT2D eigenvalue weighted by Crippen LogP contribution is -1.96. The molecule has 0 aliphatic heterocycles. The van der Waals surface area contributed by atoms with E-state index in [2.05, 4.69) is 0 Å². The van der Waals surface area contributed by atoms with E-state index in [-0.39, 0.29) is 11.0 Å². The van der Waals surface area contributed by atoms with Gasteiger partial charge in [-0.1, -0.05) is 18.2 Å². The number of nitrogens with two attached hydrogens (primary N) is 1. The smallest absolute Gasteiger partial charge is 0.412 e. The van der Waals surface area contributed by atoms with Gasteiger partial charge in [0.05, 0.1) is 0 Å². The molecule has 0 saturated carbocycles. The lowest BCUT2D eigenvalue weighted by Gasteiger charge is -1.93. The topological polar surface area (TPSA) is 129 Å². The lowest BCUT2D eigenvalue weighted by molar-refractivity contribution is -0.0383. The second-order valence-electron chi connectivity index (χ2n) is 2.48. The minimum absolute atomic E-state index is 0. The molecule has 0 unspecified atom stereocenters. The van der Waals surface area contributed by atoms with Crippen LogP contribution in [0.2, 0.25) is 0 Å². The van der Waals surface area contributed by atoms with Crippen LogP contribution in [0.3, 0.4) is 0 Å². The van der Waals surface area contributed by atoms with Crippen molar-refractivity contribution in [1.29, 1.82) is 0 Å². The first-order valence-electron chi connectivity index (χ1n) is 4.11. The van der Waals surface area contributed by atoms with Gasteiger partial charge < -0.3 is 25.8 Å². The highest BCUT2D eigenvalue weighted by molar-refractivity contribution is 7.94. The van der Waals surface area contributed by atoms with Gasteiger partial charge in [0.1, 0.15) is 24.1 Å². The van der Waals surface area contributed by atoms with Crippen molar-refractivity contribution >= 4 is 29.8 Å². The largest absolute Gasteiger partial charge is 0.467 e. The number of anilines is 1. The summed E-state index contributed by atoms with van der Waals surface area (Å²) in [5.74, 6) is 0. The zero-order valence-corrected chi connectivity index (χ0v) is 11.6. The first-order chi connectivity index (χ1) is 8.52. The predicted molar refractivity (Wildman–Crippen MR) is 70.6 cm³/mol. The SMILES string of the molecule is Nc1ccccc1.O.O.OSC(F)(F)F.OSC(F)(F)F. The molecule has 0 spiro atoms. The van der Waals surface area contributed by atoms with Crippen LogP contribution in [0.1, 0.15) is 0 Å². The lowest BCUT2D eigenvalue weighted by atomic mass is 10.3. The van der Waals surface area contributed by atoms with E-state index in [9.17, 15) is 26.3 Å². The van der Waals surface area contributed by atoms with Gasteiger partial charge in [-0.2, -0.15) is 26.3 Å². The molecule has 0 amide bonds. The average Bonchev–Trinajstić information content (AvgIpc) is 2.30. The third kappa shape index (κ3) is 32.6. The quantitative estimate of drug-likeness (QED) is 0.370. The van der Waals surface area contributed by atoms with Gasteiger partial charge in [0, 0.05) is 5.69 Å². The molecule has 5 nitrogen and oxygen atoms in total. The van der Waals surface area contributed by atoms with Crippen LogP contribution in [-0.2, 0) is 0 Å². The van der Waals surface area contributed by atoms with Gasteiger partial charge in [-0.05, 0) is 12.1 Å². The molecule has 21 heavy (non-hydrogen) atoms. The number of hydrogen-bond acceptors (Lipinski definition) is 5. The normalized spacial score (nSPS) is 9.71. The molecule has 0 aromatic heterocycles. The van der Waals surface area contributed by atoms with Crippen LogP contribution in [0.5, 0.6) is 0 Å². The third-order valence-electron chi connectivity index (χ3n) is 1.01. The molecule has 1 aromatic carbocycles. The van der Waals surface area contributed by atoms with E-state index < -0.39 is 35.1 Å². The molecule has 0 atom stereocenters. The summed E-state index contributed by atoms with van der Waals surface area (Å²) in [6, 6.07) is 9.49. The molecule has 0 saturated heterocycles. The predicted octanol–water partition coefficient (Wildman–Crippen LogP) is 3.04. The molecule has 0 aliphatic rings. The van der Waals surface area contributed by atoms with Crippen molar-refractivity contribution in [2.45, 2.75) is 11.0 Å². The maximum atomic E-state index is 10.5. The fourth-order valence-corrected chi connectivity index (χ4v) is 0.453. The monoisotopic (exact) mass is 365 g/mol. The molecule has 1 rings (SSSR count). The van der Waals surface area contributed by atoms with Crippen LogP contribution < -0.4 is 5.73 Å². The number of alkyl halides is 6. The number of rotatable bonds is 0. The Labute approximate surface area is 124 Å². The number of benzene rings is 1. The van der Waals surface area contributed by atoms with E-state index in [0.717, 1.165) is 5.69 Å². The van der Waals surface area contributed by atoms with E-state index >= 15 is 0 Å². The summed E-state index contributed by atoms with van der Waals surface area (Å²) >= 11 is -2.24. The average molecular weight is 365 g/mol. The van der Waals surface area contributed by atoms with Crippen molar-refractivity contribution < 1.29 is 46.4 Å². The molecule has 0 aliphatic carbocycles. The zero-order valence-electron chi connectivity index (χ0n) is 9.94. The Balaban J connectivity index is -0.0000000992. The fraction of sp³-hybridized carbons (Fsp3) is 0.250. The highest BCUT2D eigenvalue weighted by Crippen LogP contribution is 2.26. The van der Waals surface area contributed by atoms with Gasteiger partial charge >= 0.3 is 11.0 Å². The molecule has 8 N–H and O–H groups in total. The minimum Gasteiger partial charge on any atom is -0.412 e. The molecule has 1 aromatic rings. The van der Waals surface area contributed by atoms with Gasteiger partial charge in [-0.25, -0.2) is 0 Å². The Kier molecular flexibility index (Phi) is 19.0. The number of nitrogen functional groups attached to an aromatic ring is 1. The molecular formula is C8H13F6NO4S2. The number of halogens is 6. The summed E-state index contributed by atoms with van der Waals surface area (Å²) in [4.78, 5) is 0. The molecule has 128 valence electrons. The van der Waals surface area contributed by atoms with Crippen molar-refractivity contribution in [2.24, 2.45) is 0 Å². The fourth-order valence-electron chi connectivity index (χ4n) is 0.453. The summed E-state index contributed by atoms with van der Waals surface area (Å²) in [7, 11) is 0. The zero-order chi connectivity index (χ0) is 15.5. The third-order valence-corrected chi connectivity index (χ3v) is 1.42. The van der Waals surface area contributed by atoms with Crippen molar-refractivity contribution in [1.82, 2.24) is 0 Å². The van der Waals surface area contributed by atoms with E-state index in [4.69, 9.17) is 14.8 Å². The Morgan fingerprint density at radius 3 is 1.10 bits per heavy atom. The highest BCUT2D eigenvalue weighted by Gasteiger charge is 2.27. The Morgan fingerprint density at radius 2 is 1.00 bits per heavy atom. The van der Waals surface area contributed by atoms with Gasteiger partial charge in [0.15, 0.2) is 0 Å². The van der Waals surface area contributed by atoms with E-state index in [1.54, 1.807) is 0 Å². The van der Waals surface area contributed by atoms with Crippen LogP contribution >= 0.6 is 24.1 Å². The Morgan fingerprint density at radius 1 is 0.762 bits per heavy atom.